The molecular formula is C21H28N4O4S. The first-order valence-corrected chi connectivity index (χ1v) is 11.1. The normalized spacial score (nSPS) is 12.4. The Kier molecular flexibility index (Phi) is 8.52. The highest BCUT2D eigenvalue weighted by atomic mass is 32.2. The summed E-state index contributed by atoms with van der Waals surface area (Å²) in [6.45, 7) is 4.65. The van der Waals surface area contributed by atoms with Crippen LogP contribution in [0.25, 0.3) is 0 Å². The van der Waals surface area contributed by atoms with Gasteiger partial charge in [0.25, 0.3) is 0 Å². The summed E-state index contributed by atoms with van der Waals surface area (Å²) >= 11 is 0. The Morgan fingerprint density at radius 2 is 1.67 bits per heavy atom. The van der Waals surface area contributed by atoms with E-state index in [2.05, 4.69) is 20.3 Å². The lowest BCUT2D eigenvalue weighted by Gasteiger charge is -2.19. The minimum Gasteiger partial charge on any atom is -0.353 e. The molecule has 0 aliphatic rings. The Hall–Kier alpha value is -2.75. The third-order valence-corrected chi connectivity index (χ3v) is 5.85. The van der Waals surface area contributed by atoms with Gasteiger partial charge in [0.15, 0.2) is 0 Å². The molecule has 0 unspecified atom stereocenters. The van der Waals surface area contributed by atoms with E-state index in [0.717, 1.165) is 6.54 Å². The lowest BCUT2D eigenvalue weighted by Crippen LogP contribution is -2.46. The summed E-state index contributed by atoms with van der Waals surface area (Å²) in [6, 6.07) is 14.8. The molecule has 3 N–H and O–H groups in total. The van der Waals surface area contributed by atoms with Gasteiger partial charge in [-0.05, 0) is 43.8 Å². The van der Waals surface area contributed by atoms with Gasteiger partial charge in [0.1, 0.15) is 0 Å². The Balaban J connectivity index is 1.81. The molecule has 162 valence electrons. The summed E-state index contributed by atoms with van der Waals surface area (Å²) in [6.07, 6.45) is 0. The molecule has 0 saturated carbocycles. The SMILES string of the molecule is CC(=O)Nc1ccc(S(=O)(=O)N[C@@H](C)C(=O)NCCN(C)Cc2ccccc2)cc1. The van der Waals surface area contributed by atoms with Crippen LogP contribution in [0.3, 0.4) is 0 Å². The minimum atomic E-state index is -3.87. The second-order valence-corrected chi connectivity index (χ2v) is 8.78. The fourth-order valence-electron chi connectivity index (χ4n) is 2.77. The molecule has 2 aromatic rings. The van der Waals surface area contributed by atoms with E-state index in [1.807, 2.05) is 37.4 Å². The van der Waals surface area contributed by atoms with Crippen LogP contribution in [0.2, 0.25) is 0 Å². The van der Waals surface area contributed by atoms with Gasteiger partial charge in [-0.25, -0.2) is 8.42 Å². The smallest absolute Gasteiger partial charge is 0.241 e. The van der Waals surface area contributed by atoms with Crippen molar-refractivity contribution in [1.82, 2.24) is 14.9 Å². The maximum Gasteiger partial charge on any atom is 0.241 e. The van der Waals surface area contributed by atoms with Gasteiger partial charge < -0.3 is 15.5 Å². The molecule has 0 aliphatic heterocycles. The molecule has 0 radical (unpaired) electrons. The monoisotopic (exact) mass is 432 g/mol. The number of benzene rings is 2. The summed E-state index contributed by atoms with van der Waals surface area (Å²) in [7, 11) is -1.91. The number of amides is 2. The first-order chi connectivity index (χ1) is 14.2. The van der Waals surface area contributed by atoms with Crippen molar-refractivity contribution in [3.63, 3.8) is 0 Å². The first-order valence-electron chi connectivity index (χ1n) is 9.57. The Bertz CT molecular complexity index is 947. The fraction of sp³-hybridized carbons (Fsp3) is 0.333. The van der Waals surface area contributed by atoms with E-state index in [0.29, 0.717) is 18.8 Å². The van der Waals surface area contributed by atoms with Crippen molar-refractivity contribution in [1.29, 1.82) is 0 Å². The number of nitrogens with zero attached hydrogens (tertiary/aromatic N) is 1. The average molecular weight is 433 g/mol. The molecule has 0 fully saturated rings. The Morgan fingerprint density at radius 1 is 1.03 bits per heavy atom. The summed E-state index contributed by atoms with van der Waals surface area (Å²) in [4.78, 5) is 25.4. The van der Waals surface area contributed by atoms with Crippen LogP contribution < -0.4 is 15.4 Å². The Labute approximate surface area is 177 Å². The number of carbonyl (C=O) groups excluding carboxylic acids is 2. The molecule has 0 aliphatic carbocycles. The number of carbonyl (C=O) groups is 2. The highest BCUT2D eigenvalue weighted by Crippen LogP contribution is 2.14. The maximum absolute atomic E-state index is 12.5. The number of rotatable bonds is 10. The van der Waals surface area contributed by atoms with Crippen molar-refractivity contribution in [2.24, 2.45) is 0 Å². The van der Waals surface area contributed by atoms with E-state index < -0.39 is 22.0 Å². The standard InChI is InChI=1S/C21H28N4O4S/c1-16(21(27)22-13-14-25(3)15-18-7-5-4-6-8-18)24-30(28,29)20-11-9-19(10-12-20)23-17(2)26/h4-12,16,24H,13-15H2,1-3H3,(H,22,27)(H,23,26)/t16-/m0/s1. The number of hydrogen-bond donors (Lipinski definition) is 3. The van der Waals surface area contributed by atoms with Crippen molar-refractivity contribution < 1.29 is 18.0 Å². The molecule has 9 heteroatoms. The number of sulfonamides is 1. The van der Waals surface area contributed by atoms with Gasteiger partial charge in [0.05, 0.1) is 10.9 Å². The predicted molar refractivity (Wildman–Crippen MR) is 116 cm³/mol. The van der Waals surface area contributed by atoms with Crippen LogP contribution in [0.4, 0.5) is 5.69 Å². The van der Waals surface area contributed by atoms with Crippen LogP contribution in [0.1, 0.15) is 19.4 Å². The lowest BCUT2D eigenvalue weighted by atomic mass is 10.2. The topological polar surface area (TPSA) is 108 Å². The largest absolute Gasteiger partial charge is 0.353 e. The van der Waals surface area contributed by atoms with E-state index in [1.165, 1.54) is 43.7 Å². The zero-order valence-corrected chi connectivity index (χ0v) is 18.2. The average Bonchev–Trinajstić information content (AvgIpc) is 2.68. The zero-order chi connectivity index (χ0) is 22.1. The molecule has 0 aromatic heterocycles. The second-order valence-electron chi connectivity index (χ2n) is 7.06. The molecule has 2 rings (SSSR count). The first kappa shape index (κ1) is 23.5. The summed E-state index contributed by atoms with van der Waals surface area (Å²) in [5.41, 5.74) is 1.67. The highest BCUT2D eigenvalue weighted by Gasteiger charge is 2.22. The van der Waals surface area contributed by atoms with E-state index >= 15 is 0 Å². The summed E-state index contributed by atoms with van der Waals surface area (Å²) in [5.74, 6) is -0.648. The Morgan fingerprint density at radius 3 is 2.27 bits per heavy atom. The van der Waals surface area contributed by atoms with E-state index in [-0.39, 0.29) is 10.8 Å². The number of nitrogens with one attached hydrogen (secondary N) is 3. The van der Waals surface area contributed by atoms with Crippen molar-refractivity contribution in [2.45, 2.75) is 31.3 Å². The molecule has 2 aromatic carbocycles. The lowest BCUT2D eigenvalue weighted by molar-refractivity contribution is -0.122. The van der Waals surface area contributed by atoms with Crippen molar-refractivity contribution in [3.05, 3.63) is 60.2 Å². The van der Waals surface area contributed by atoms with Crippen LogP contribution >= 0.6 is 0 Å². The molecule has 1 atom stereocenters. The molecule has 2 amide bonds. The second kappa shape index (κ2) is 10.9. The van der Waals surface area contributed by atoms with Gasteiger partial charge in [0, 0.05) is 32.2 Å². The molecule has 0 spiro atoms. The van der Waals surface area contributed by atoms with Crippen molar-refractivity contribution in [2.75, 3.05) is 25.5 Å². The van der Waals surface area contributed by atoms with E-state index in [4.69, 9.17) is 0 Å². The van der Waals surface area contributed by atoms with Gasteiger partial charge in [-0.2, -0.15) is 4.72 Å². The third kappa shape index (κ3) is 7.58. The van der Waals surface area contributed by atoms with Crippen molar-refractivity contribution >= 4 is 27.5 Å². The summed E-state index contributed by atoms with van der Waals surface area (Å²) in [5, 5.41) is 5.32. The number of hydrogen-bond acceptors (Lipinski definition) is 5. The number of anilines is 1. The van der Waals surface area contributed by atoms with E-state index in [9.17, 15) is 18.0 Å². The highest BCUT2D eigenvalue weighted by molar-refractivity contribution is 7.89. The fourth-order valence-corrected chi connectivity index (χ4v) is 3.98. The van der Waals surface area contributed by atoms with Crippen LogP contribution in [0, 0.1) is 0 Å². The van der Waals surface area contributed by atoms with Crippen LogP contribution in [0.15, 0.2) is 59.5 Å². The zero-order valence-electron chi connectivity index (χ0n) is 17.4. The van der Waals surface area contributed by atoms with Gasteiger partial charge in [-0.15, -0.1) is 0 Å². The van der Waals surface area contributed by atoms with E-state index in [1.54, 1.807) is 0 Å². The van der Waals surface area contributed by atoms with Crippen LogP contribution in [-0.2, 0) is 26.2 Å². The maximum atomic E-state index is 12.5. The molecule has 0 saturated heterocycles. The quantitative estimate of drug-likeness (QED) is 0.528. The van der Waals surface area contributed by atoms with Gasteiger partial charge in [-0.1, -0.05) is 30.3 Å². The minimum absolute atomic E-state index is 0.0128. The van der Waals surface area contributed by atoms with Crippen LogP contribution in [-0.4, -0.2) is 51.3 Å². The van der Waals surface area contributed by atoms with Crippen molar-refractivity contribution in [3.8, 4) is 0 Å². The van der Waals surface area contributed by atoms with Crippen LogP contribution in [0.5, 0.6) is 0 Å². The van der Waals surface area contributed by atoms with Gasteiger partial charge in [-0.3, -0.25) is 9.59 Å². The van der Waals surface area contributed by atoms with Gasteiger partial charge >= 0.3 is 0 Å². The molecule has 0 heterocycles. The van der Waals surface area contributed by atoms with Gasteiger partial charge in [0.2, 0.25) is 21.8 Å². The predicted octanol–water partition coefficient (Wildman–Crippen LogP) is 1.56. The molecule has 8 nitrogen and oxygen atoms in total. The summed E-state index contributed by atoms with van der Waals surface area (Å²) < 4.78 is 27.3. The molecule has 0 bridgehead atoms. The molecular weight excluding hydrogens is 404 g/mol. The molecule has 30 heavy (non-hydrogen) atoms. The number of likely N-dealkylation sites (N-methyl/N-ethyl adjacent to an activating group) is 1. The third-order valence-electron chi connectivity index (χ3n) is 4.30.